The molecular weight excluding hydrogens is 331 g/mol. The molecule has 26 heavy (non-hydrogen) atoms. The minimum atomic E-state index is -0.289. The molecule has 3 rings (SSSR count). The maximum Gasteiger partial charge on any atom is 0.269 e. The summed E-state index contributed by atoms with van der Waals surface area (Å²) in [6, 6.07) is 15.8. The van der Waals surface area contributed by atoms with Crippen LogP contribution in [-0.2, 0) is 0 Å². The summed E-state index contributed by atoms with van der Waals surface area (Å²) in [5.74, 6) is -0.516. The number of nitrogens with one attached hydrogen (secondary N) is 1. The number of likely N-dealkylation sites (N-methyl/N-ethyl adjacent to an activating group) is 1. The Labute approximate surface area is 152 Å². The Kier molecular flexibility index (Phi) is 5.43. The number of benzene rings is 2. The molecule has 1 amide bonds. The van der Waals surface area contributed by atoms with Crippen LogP contribution in [0.2, 0.25) is 0 Å². The van der Waals surface area contributed by atoms with Crippen LogP contribution in [0, 0.1) is 5.82 Å². The van der Waals surface area contributed by atoms with E-state index < -0.39 is 0 Å². The van der Waals surface area contributed by atoms with E-state index in [1.807, 2.05) is 55.4 Å². The molecule has 5 nitrogen and oxygen atoms in total. The van der Waals surface area contributed by atoms with Crippen LogP contribution in [-0.4, -0.2) is 41.0 Å². The van der Waals surface area contributed by atoms with Crippen molar-refractivity contribution < 1.29 is 9.18 Å². The third kappa shape index (κ3) is 3.97. The second-order valence-electron chi connectivity index (χ2n) is 6.23. The van der Waals surface area contributed by atoms with Gasteiger partial charge in [-0.1, -0.05) is 30.3 Å². The lowest BCUT2D eigenvalue weighted by Gasteiger charge is -2.25. The van der Waals surface area contributed by atoms with Crippen LogP contribution in [0.25, 0.3) is 5.69 Å². The van der Waals surface area contributed by atoms with Crippen molar-refractivity contribution in [3.05, 3.63) is 84.2 Å². The van der Waals surface area contributed by atoms with Crippen molar-refractivity contribution in [3.8, 4) is 5.69 Å². The monoisotopic (exact) mass is 352 g/mol. The van der Waals surface area contributed by atoms with Gasteiger partial charge in [-0.2, -0.15) is 0 Å². The first-order chi connectivity index (χ1) is 12.6. The number of rotatable bonds is 6. The largest absolute Gasteiger partial charge is 0.349 e. The number of hydrogen-bond acceptors (Lipinski definition) is 3. The molecule has 2 aromatic carbocycles. The Hall–Kier alpha value is -2.99. The van der Waals surface area contributed by atoms with E-state index in [4.69, 9.17) is 0 Å². The molecule has 6 heteroatoms. The molecule has 0 saturated carbocycles. The van der Waals surface area contributed by atoms with Crippen LogP contribution in [0.4, 0.5) is 4.39 Å². The average molecular weight is 352 g/mol. The molecular formula is C20H21FN4O. The number of nitrogens with zero attached hydrogens (tertiary/aromatic N) is 3. The van der Waals surface area contributed by atoms with Crippen molar-refractivity contribution >= 4 is 5.91 Å². The van der Waals surface area contributed by atoms with E-state index >= 15 is 0 Å². The molecule has 0 aliphatic heterocycles. The van der Waals surface area contributed by atoms with E-state index in [0.717, 1.165) is 11.3 Å². The molecule has 0 fully saturated rings. The second-order valence-corrected chi connectivity index (χ2v) is 6.23. The van der Waals surface area contributed by atoms with Crippen LogP contribution in [0.15, 0.2) is 67.1 Å². The third-order valence-electron chi connectivity index (χ3n) is 4.22. The van der Waals surface area contributed by atoms with E-state index in [1.165, 1.54) is 18.3 Å². The maximum absolute atomic E-state index is 13.5. The van der Waals surface area contributed by atoms with Crippen LogP contribution >= 0.6 is 0 Å². The molecule has 1 heterocycles. The summed E-state index contributed by atoms with van der Waals surface area (Å²) in [5.41, 5.74) is 2.13. The molecule has 134 valence electrons. The van der Waals surface area contributed by atoms with E-state index in [0.29, 0.717) is 12.2 Å². The number of amides is 1. The Bertz CT molecular complexity index is 876. The highest BCUT2D eigenvalue weighted by molar-refractivity contribution is 5.93. The number of carbonyl (C=O) groups excluding carboxylic acids is 1. The summed E-state index contributed by atoms with van der Waals surface area (Å²) >= 11 is 0. The summed E-state index contributed by atoms with van der Waals surface area (Å²) in [7, 11) is 3.80. The Morgan fingerprint density at radius 2 is 1.96 bits per heavy atom. The summed E-state index contributed by atoms with van der Waals surface area (Å²) < 4.78 is 15.3. The van der Waals surface area contributed by atoms with Gasteiger partial charge in [0.05, 0.1) is 18.6 Å². The molecule has 0 bridgehead atoms. The molecule has 0 saturated heterocycles. The van der Waals surface area contributed by atoms with Gasteiger partial charge in [0.25, 0.3) is 5.91 Å². The van der Waals surface area contributed by atoms with Gasteiger partial charge < -0.3 is 10.2 Å². The minimum absolute atomic E-state index is 0.136. The number of halogens is 1. The number of imidazole rings is 1. The van der Waals surface area contributed by atoms with Gasteiger partial charge in [-0.25, -0.2) is 9.37 Å². The van der Waals surface area contributed by atoms with Gasteiger partial charge in [0.15, 0.2) is 0 Å². The lowest BCUT2D eigenvalue weighted by molar-refractivity contribution is 0.0935. The smallest absolute Gasteiger partial charge is 0.269 e. The summed E-state index contributed by atoms with van der Waals surface area (Å²) in [6.07, 6.45) is 3.15. The fourth-order valence-corrected chi connectivity index (χ4v) is 2.85. The fourth-order valence-electron chi connectivity index (χ4n) is 2.85. The summed E-state index contributed by atoms with van der Waals surface area (Å²) in [5, 5.41) is 2.93. The summed E-state index contributed by atoms with van der Waals surface area (Å²) in [4.78, 5) is 18.7. The normalized spacial score (nSPS) is 12.2. The quantitative estimate of drug-likeness (QED) is 0.742. The van der Waals surface area contributed by atoms with Crippen molar-refractivity contribution in [2.24, 2.45) is 0 Å². The predicted octanol–water partition coefficient (Wildman–Crippen LogP) is 3.04. The first-order valence-electron chi connectivity index (χ1n) is 8.34. The highest BCUT2D eigenvalue weighted by Crippen LogP contribution is 2.18. The first kappa shape index (κ1) is 17.8. The van der Waals surface area contributed by atoms with Crippen LogP contribution in [0.1, 0.15) is 22.1 Å². The van der Waals surface area contributed by atoms with Gasteiger partial charge >= 0.3 is 0 Å². The lowest BCUT2D eigenvalue weighted by atomic mass is 10.1. The number of aromatic nitrogens is 2. The van der Waals surface area contributed by atoms with E-state index in [9.17, 15) is 9.18 Å². The van der Waals surface area contributed by atoms with E-state index in [2.05, 4.69) is 10.3 Å². The lowest BCUT2D eigenvalue weighted by Crippen LogP contribution is -2.35. The van der Waals surface area contributed by atoms with Crippen molar-refractivity contribution in [1.29, 1.82) is 0 Å². The summed E-state index contributed by atoms with van der Waals surface area (Å²) in [6.45, 7) is 0.356. The van der Waals surface area contributed by atoms with Crippen molar-refractivity contribution in [3.63, 3.8) is 0 Å². The zero-order valence-electron chi connectivity index (χ0n) is 14.8. The third-order valence-corrected chi connectivity index (χ3v) is 4.22. The highest BCUT2D eigenvalue weighted by atomic mass is 19.1. The van der Waals surface area contributed by atoms with Crippen LogP contribution < -0.4 is 5.32 Å². The molecule has 0 spiro atoms. The Morgan fingerprint density at radius 1 is 1.19 bits per heavy atom. The van der Waals surface area contributed by atoms with E-state index in [1.54, 1.807) is 17.0 Å². The Balaban J connectivity index is 1.75. The van der Waals surface area contributed by atoms with Gasteiger partial charge in [-0.3, -0.25) is 9.36 Å². The number of carbonyl (C=O) groups is 1. The van der Waals surface area contributed by atoms with E-state index in [-0.39, 0.29) is 17.8 Å². The van der Waals surface area contributed by atoms with Gasteiger partial charge in [-0.05, 0) is 43.9 Å². The topological polar surface area (TPSA) is 50.2 Å². The maximum atomic E-state index is 13.5. The average Bonchev–Trinajstić information content (AvgIpc) is 3.12. The van der Waals surface area contributed by atoms with Gasteiger partial charge in [0.2, 0.25) is 0 Å². The molecule has 1 aromatic heterocycles. The predicted molar refractivity (Wildman–Crippen MR) is 98.7 cm³/mol. The van der Waals surface area contributed by atoms with Gasteiger partial charge in [-0.15, -0.1) is 0 Å². The minimum Gasteiger partial charge on any atom is -0.349 e. The first-order valence-corrected chi connectivity index (χ1v) is 8.34. The zero-order chi connectivity index (χ0) is 18.5. The molecule has 0 aliphatic carbocycles. The van der Waals surface area contributed by atoms with Crippen LogP contribution in [0.3, 0.4) is 0 Å². The molecule has 1 atom stereocenters. The SMILES string of the molecule is CN(C)[C@@H](CNC(=O)c1cncn1-c1ccccc1)c1cccc(F)c1. The second kappa shape index (κ2) is 7.93. The molecule has 3 aromatic rings. The molecule has 0 aliphatic rings. The van der Waals surface area contributed by atoms with Crippen molar-refractivity contribution in [2.75, 3.05) is 20.6 Å². The highest BCUT2D eigenvalue weighted by Gasteiger charge is 2.18. The van der Waals surface area contributed by atoms with Crippen LogP contribution in [0.5, 0.6) is 0 Å². The fraction of sp³-hybridized carbons (Fsp3) is 0.200. The standard InChI is InChI=1S/C20H21FN4O/c1-24(2)18(15-7-6-8-16(21)11-15)13-23-20(26)19-12-22-14-25(19)17-9-4-3-5-10-17/h3-12,14,18H,13H2,1-2H3,(H,23,26)/t18-/m0/s1. The molecule has 1 N–H and O–H groups in total. The van der Waals surface area contributed by atoms with Crippen molar-refractivity contribution in [1.82, 2.24) is 19.8 Å². The Morgan fingerprint density at radius 3 is 2.65 bits per heavy atom. The molecule has 0 radical (unpaired) electrons. The number of hydrogen-bond donors (Lipinski definition) is 1. The zero-order valence-corrected chi connectivity index (χ0v) is 14.8. The van der Waals surface area contributed by atoms with Crippen molar-refractivity contribution in [2.45, 2.75) is 6.04 Å². The van der Waals surface area contributed by atoms with Gasteiger partial charge in [0.1, 0.15) is 11.5 Å². The van der Waals surface area contributed by atoms with Gasteiger partial charge in [0, 0.05) is 12.2 Å². The number of para-hydroxylation sites is 1. The molecule has 0 unspecified atom stereocenters.